The number of ether oxygens (including phenoxy) is 2. The van der Waals surface area contributed by atoms with E-state index in [2.05, 4.69) is 4.74 Å². The van der Waals surface area contributed by atoms with Gasteiger partial charge in [-0.1, -0.05) is 13.3 Å². The fourth-order valence-corrected chi connectivity index (χ4v) is 2.93. The van der Waals surface area contributed by atoms with Crippen LogP contribution in [0.15, 0.2) is 0 Å². The van der Waals surface area contributed by atoms with Gasteiger partial charge in [-0.2, -0.15) is 4.72 Å². The van der Waals surface area contributed by atoms with Crippen molar-refractivity contribution in [3.8, 4) is 0 Å². The minimum atomic E-state index is -3.85. The Bertz CT molecular complexity index is 499. The molecule has 0 aromatic carbocycles. The van der Waals surface area contributed by atoms with Gasteiger partial charge in [0.25, 0.3) is 0 Å². The van der Waals surface area contributed by atoms with Gasteiger partial charge < -0.3 is 20.3 Å². The van der Waals surface area contributed by atoms with Crippen LogP contribution in [-0.2, 0) is 29.1 Å². The molecule has 2 unspecified atom stereocenters. The van der Waals surface area contributed by atoms with Crippen LogP contribution in [-0.4, -0.2) is 55.7 Å². The second-order valence-electron chi connectivity index (χ2n) is 5.92. The number of esters is 2. The van der Waals surface area contributed by atoms with Gasteiger partial charge in [0, 0.05) is 0 Å². The summed E-state index contributed by atoms with van der Waals surface area (Å²) in [6.07, 6.45) is 1.00. The van der Waals surface area contributed by atoms with E-state index in [1.165, 1.54) is 0 Å². The minimum Gasteiger partial charge on any atom is -0.459 e. The highest BCUT2D eigenvalue weighted by molar-refractivity contribution is 7.89. The number of nitrogens with two attached hydrogens (primary N) is 1. The second kappa shape index (κ2) is 9.16. The van der Waals surface area contributed by atoms with Crippen molar-refractivity contribution in [2.24, 2.45) is 5.73 Å². The molecule has 0 saturated carbocycles. The van der Waals surface area contributed by atoms with Gasteiger partial charge in [0.15, 0.2) is 6.79 Å². The first-order valence-corrected chi connectivity index (χ1v) is 8.84. The maximum atomic E-state index is 12.0. The zero-order valence-electron chi connectivity index (χ0n) is 13.9. The molecule has 2 atom stereocenters. The molecule has 0 radical (unpaired) electrons. The smallest absolute Gasteiger partial charge is 0.328 e. The largest absolute Gasteiger partial charge is 0.459 e. The zero-order valence-corrected chi connectivity index (χ0v) is 14.7. The molecule has 0 aromatic rings. The Hall–Kier alpha value is -1.23. The van der Waals surface area contributed by atoms with Gasteiger partial charge in [-0.25, -0.2) is 8.42 Å². The van der Waals surface area contributed by atoms with Crippen LogP contribution in [0.5, 0.6) is 0 Å². The lowest BCUT2D eigenvalue weighted by Crippen LogP contribution is -2.57. The number of rotatable bonds is 9. The van der Waals surface area contributed by atoms with Crippen molar-refractivity contribution >= 4 is 22.0 Å². The SMILES string of the molecule is CCCCS(=O)(=O)NC(C(=O)OCO)C(N)C(=O)OC(C)(C)C. The molecule has 136 valence electrons. The molecule has 0 heterocycles. The van der Waals surface area contributed by atoms with E-state index in [9.17, 15) is 18.0 Å². The minimum absolute atomic E-state index is 0.229. The third kappa shape index (κ3) is 8.84. The lowest BCUT2D eigenvalue weighted by atomic mass is 10.1. The molecule has 0 aliphatic carbocycles. The van der Waals surface area contributed by atoms with Gasteiger partial charge in [0.1, 0.15) is 17.7 Å². The number of sulfonamides is 1. The van der Waals surface area contributed by atoms with Crippen molar-refractivity contribution in [3.63, 3.8) is 0 Å². The van der Waals surface area contributed by atoms with E-state index in [1.54, 1.807) is 27.7 Å². The maximum Gasteiger partial charge on any atom is 0.328 e. The Balaban J connectivity index is 5.22. The van der Waals surface area contributed by atoms with E-state index >= 15 is 0 Å². The zero-order chi connectivity index (χ0) is 18.3. The van der Waals surface area contributed by atoms with Gasteiger partial charge in [0.05, 0.1) is 5.75 Å². The van der Waals surface area contributed by atoms with Crippen LogP contribution in [0.4, 0.5) is 0 Å². The Kier molecular flexibility index (Phi) is 8.67. The number of hydrogen-bond donors (Lipinski definition) is 3. The summed E-state index contributed by atoms with van der Waals surface area (Å²) in [6.45, 7) is 5.64. The van der Waals surface area contributed by atoms with E-state index in [1.807, 2.05) is 4.72 Å². The van der Waals surface area contributed by atoms with Crippen LogP contribution in [0.25, 0.3) is 0 Å². The average molecular weight is 354 g/mol. The number of nitrogens with one attached hydrogen (secondary N) is 1. The fourth-order valence-electron chi connectivity index (χ4n) is 1.51. The summed E-state index contributed by atoms with van der Waals surface area (Å²) in [5.74, 6) is -2.35. The van der Waals surface area contributed by atoms with Gasteiger partial charge in [-0.05, 0) is 27.2 Å². The van der Waals surface area contributed by atoms with Crippen LogP contribution in [0.2, 0.25) is 0 Å². The van der Waals surface area contributed by atoms with Crippen molar-refractivity contribution in [2.75, 3.05) is 12.5 Å². The molecule has 0 aliphatic rings. The summed E-state index contributed by atoms with van der Waals surface area (Å²) in [6, 6.07) is -3.29. The van der Waals surface area contributed by atoms with Gasteiger partial charge >= 0.3 is 11.9 Å². The number of carbonyl (C=O) groups is 2. The topological polar surface area (TPSA) is 145 Å². The van der Waals surface area contributed by atoms with Gasteiger partial charge in [0.2, 0.25) is 10.0 Å². The monoisotopic (exact) mass is 354 g/mol. The number of carbonyl (C=O) groups excluding carboxylic acids is 2. The first-order chi connectivity index (χ1) is 10.4. The number of hydrogen-bond acceptors (Lipinski definition) is 8. The summed E-state index contributed by atoms with van der Waals surface area (Å²) < 4.78 is 35.3. The van der Waals surface area contributed by atoms with E-state index in [0.29, 0.717) is 12.8 Å². The molecular weight excluding hydrogens is 328 g/mol. The molecule has 10 heteroatoms. The van der Waals surface area contributed by atoms with Crippen molar-refractivity contribution in [1.29, 1.82) is 0 Å². The summed E-state index contributed by atoms with van der Waals surface area (Å²) in [5, 5.41) is 8.65. The average Bonchev–Trinajstić information content (AvgIpc) is 2.40. The summed E-state index contributed by atoms with van der Waals surface area (Å²) in [4.78, 5) is 23.8. The van der Waals surface area contributed by atoms with Crippen LogP contribution in [0, 0.1) is 0 Å². The molecule has 0 fully saturated rings. The lowest BCUT2D eigenvalue weighted by Gasteiger charge is -2.26. The Labute approximate surface area is 136 Å². The predicted octanol–water partition coefficient (Wildman–Crippen LogP) is -0.763. The molecule has 0 spiro atoms. The molecule has 0 saturated heterocycles. The van der Waals surface area contributed by atoms with Crippen LogP contribution in [0.1, 0.15) is 40.5 Å². The van der Waals surface area contributed by atoms with Gasteiger partial charge in [-0.3, -0.25) is 9.59 Å². The first kappa shape index (κ1) is 21.8. The van der Waals surface area contributed by atoms with Crippen LogP contribution >= 0.6 is 0 Å². The van der Waals surface area contributed by atoms with Crippen molar-refractivity contribution < 1.29 is 32.6 Å². The van der Waals surface area contributed by atoms with Crippen LogP contribution < -0.4 is 10.5 Å². The number of aliphatic hydroxyl groups is 1. The van der Waals surface area contributed by atoms with Crippen molar-refractivity contribution in [3.05, 3.63) is 0 Å². The highest BCUT2D eigenvalue weighted by Gasteiger charge is 2.37. The quantitative estimate of drug-likeness (QED) is 0.362. The molecule has 23 heavy (non-hydrogen) atoms. The Morgan fingerprint density at radius 3 is 2.26 bits per heavy atom. The third-order valence-corrected chi connectivity index (χ3v) is 4.01. The molecule has 4 N–H and O–H groups in total. The lowest BCUT2D eigenvalue weighted by molar-refractivity contribution is -0.164. The van der Waals surface area contributed by atoms with E-state index in [0.717, 1.165) is 0 Å². The third-order valence-electron chi connectivity index (χ3n) is 2.57. The molecule has 9 nitrogen and oxygen atoms in total. The van der Waals surface area contributed by atoms with Crippen molar-refractivity contribution in [1.82, 2.24) is 4.72 Å². The predicted molar refractivity (Wildman–Crippen MR) is 82.6 cm³/mol. The van der Waals surface area contributed by atoms with Crippen molar-refractivity contribution in [2.45, 2.75) is 58.2 Å². The standard InChI is InChI=1S/C13H26N2O7S/c1-5-6-7-23(19,20)15-10(12(18)21-8-16)9(14)11(17)22-13(2,3)4/h9-10,15-16H,5-8,14H2,1-4H3. The molecule has 0 aromatic heterocycles. The normalized spacial score (nSPS) is 14.9. The summed E-state index contributed by atoms with van der Waals surface area (Å²) in [7, 11) is -3.85. The molecular formula is C13H26N2O7S. The fraction of sp³-hybridized carbons (Fsp3) is 0.846. The maximum absolute atomic E-state index is 12.0. The van der Waals surface area contributed by atoms with E-state index < -0.39 is 46.4 Å². The summed E-state index contributed by atoms with van der Waals surface area (Å²) in [5.41, 5.74) is 4.79. The summed E-state index contributed by atoms with van der Waals surface area (Å²) >= 11 is 0. The molecule has 0 bridgehead atoms. The Morgan fingerprint density at radius 1 is 1.26 bits per heavy atom. The Morgan fingerprint density at radius 2 is 1.83 bits per heavy atom. The van der Waals surface area contributed by atoms with E-state index in [4.69, 9.17) is 15.6 Å². The van der Waals surface area contributed by atoms with E-state index in [-0.39, 0.29) is 5.75 Å². The highest BCUT2D eigenvalue weighted by Crippen LogP contribution is 2.10. The number of unbranched alkanes of at least 4 members (excludes halogenated alkanes) is 1. The highest BCUT2D eigenvalue weighted by atomic mass is 32.2. The first-order valence-electron chi connectivity index (χ1n) is 7.19. The van der Waals surface area contributed by atoms with Crippen LogP contribution in [0.3, 0.4) is 0 Å². The number of aliphatic hydroxyl groups excluding tert-OH is 1. The molecule has 0 aliphatic heterocycles. The molecule has 0 rings (SSSR count). The van der Waals surface area contributed by atoms with Gasteiger partial charge in [-0.15, -0.1) is 0 Å². The second-order valence-corrected chi connectivity index (χ2v) is 7.79. The molecule has 0 amide bonds.